The first kappa shape index (κ1) is 18.5. The summed E-state index contributed by atoms with van der Waals surface area (Å²) in [5.41, 5.74) is 3.10. The molecule has 0 saturated carbocycles. The Hall–Kier alpha value is -0.570. The molecular weight excluding hydrogens is 258 g/mol. The summed E-state index contributed by atoms with van der Waals surface area (Å²) in [5, 5.41) is 6.36. The van der Waals surface area contributed by atoms with Crippen LogP contribution in [-0.4, -0.2) is 23.8 Å². The van der Waals surface area contributed by atoms with Crippen LogP contribution in [0.4, 0.5) is 0 Å². The van der Waals surface area contributed by atoms with Crippen LogP contribution in [0.25, 0.3) is 0 Å². The minimum absolute atomic E-state index is 0.658. The number of hydrogen-bond donors (Lipinski definition) is 1. The second-order valence-corrected chi connectivity index (χ2v) is 6.45. The molecule has 0 aliphatic carbocycles. The fourth-order valence-corrected chi connectivity index (χ4v) is 3.14. The second-order valence-electron chi connectivity index (χ2n) is 6.45. The molecule has 3 heteroatoms. The van der Waals surface area contributed by atoms with Crippen LogP contribution in [0.5, 0.6) is 0 Å². The molecule has 0 amide bonds. The molecule has 0 bridgehead atoms. The highest BCUT2D eigenvalue weighted by atomic mass is 15.7. The Morgan fingerprint density at radius 1 is 0.905 bits per heavy atom. The smallest absolute Gasteiger partial charge is 0.0569 e. The molecule has 1 atom stereocenters. The van der Waals surface area contributed by atoms with Gasteiger partial charge in [0, 0.05) is 12.3 Å². The zero-order valence-electron chi connectivity index (χ0n) is 14.4. The third-order valence-corrected chi connectivity index (χ3v) is 4.61. The van der Waals surface area contributed by atoms with E-state index in [1.807, 2.05) is 6.21 Å². The molecule has 0 spiro atoms. The average molecular weight is 296 g/mol. The Balaban J connectivity index is 1.83. The van der Waals surface area contributed by atoms with Crippen LogP contribution in [0.1, 0.15) is 97.3 Å². The molecule has 21 heavy (non-hydrogen) atoms. The highest BCUT2D eigenvalue weighted by molar-refractivity contribution is 5.60. The molecule has 1 rings (SSSR count). The zero-order chi connectivity index (χ0) is 15.2. The van der Waals surface area contributed by atoms with Crippen molar-refractivity contribution in [2.45, 2.75) is 103 Å². The molecule has 0 saturated heterocycles. The van der Waals surface area contributed by atoms with Crippen molar-refractivity contribution in [3.8, 4) is 0 Å². The van der Waals surface area contributed by atoms with Crippen molar-refractivity contribution in [2.24, 2.45) is 5.10 Å². The van der Waals surface area contributed by atoms with Gasteiger partial charge in [-0.3, -0.25) is 0 Å². The van der Waals surface area contributed by atoms with Gasteiger partial charge in [-0.1, -0.05) is 84.5 Å². The van der Waals surface area contributed by atoms with Gasteiger partial charge in [-0.2, -0.15) is 10.1 Å². The van der Waals surface area contributed by atoms with Crippen molar-refractivity contribution in [3.05, 3.63) is 0 Å². The standard InChI is InChI=1S/C18H37N3/c1-3-5-6-7-8-9-10-11-12-13-14-15-18(4-2)21-17-16-19-20-21/h16,18,20H,3-15,17H2,1-2H3. The quantitative estimate of drug-likeness (QED) is 0.442. The predicted molar refractivity (Wildman–Crippen MR) is 93.5 cm³/mol. The van der Waals surface area contributed by atoms with Gasteiger partial charge in [0.05, 0.1) is 6.54 Å². The molecule has 1 aliphatic heterocycles. The van der Waals surface area contributed by atoms with Crippen LogP contribution in [0.2, 0.25) is 0 Å². The first-order valence-corrected chi connectivity index (χ1v) is 9.42. The maximum Gasteiger partial charge on any atom is 0.0569 e. The summed E-state index contributed by atoms with van der Waals surface area (Å²) in [6.45, 7) is 5.54. The number of rotatable bonds is 14. The van der Waals surface area contributed by atoms with Gasteiger partial charge < -0.3 is 0 Å². The summed E-state index contributed by atoms with van der Waals surface area (Å²) in [6, 6.07) is 0.658. The molecule has 0 aromatic heterocycles. The Morgan fingerprint density at radius 3 is 1.95 bits per heavy atom. The molecule has 1 aliphatic rings. The van der Waals surface area contributed by atoms with Gasteiger partial charge in [0.1, 0.15) is 0 Å². The van der Waals surface area contributed by atoms with E-state index >= 15 is 0 Å². The normalized spacial score (nSPS) is 16.3. The van der Waals surface area contributed by atoms with Gasteiger partial charge in [0.2, 0.25) is 0 Å². The van der Waals surface area contributed by atoms with Crippen molar-refractivity contribution in [1.82, 2.24) is 10.5 Å². The van der Waals surface area contributed by atoms with E-state index in [1.165, 1.54) is 83.5 Å². The van der Waals surface area contributed by atoms with E-state index in [-0.39, 0.29) is 0 Å². The molecule has 0 fully saturated rings. The van der Waals surface area contributed by atoms with Crippen LogP contribution < -0.4 is 5.53 Å². The lowest BCUT2D eigenvalue weighted by atomic mass is 10.0. The molecule has 0 radical (unpaired) electrons. The molecular formula is C18H37N3. The SMILES string of the molecule is CCCCCCCCCCCCCC(CC)N1CC=NN1. The number of hydrogen-bond acceptors (Lipinski definition) is 3. The van der Waals surface area contributed by atoms with E-state index < -0.39 is 0 Å². The minimum Gasteiger partial charge on any atom is -0.240 e. The fourth-order valence-electron chi connectivity index (χ4n) is 3.14. The molecule has 0 aromatic rings. The molecule has 124 valence electrons. The summed E-state index contributed by atoms with van der Waals surface area (Å²) in [6.07, 6.45) is 20.2. The Morgan fingerprint density at radius 2 is 1.48 bits per heavy atom. The van der Waals surface area contributed by atoms with Gasteiger partial charge in [0.25, 0.3) is 0 Å². The number of hydrazone groups is 1. The third-order valence-electron chi connectivity index (χ3n) is 4.61. The Labute approximate surface area is 132 Å². The predicted octanol–water partition coefficient (Wildman–Crippen LogP) is 5.27. The van der Waals surface area contributed by atoms with Crippen LogP contribution >= 0.6 is 0 Å². The van der Waals surface area contributed by atoms with Crippen molar-refractivity contribution < 1.29 is 0 Å². The number of unbranched alkanes of at least 4 members (excludes halogenated alkanes) is 10. The first-order valence-electron chi connectivity index (χ1n) is 9.42. The molecule has 1 N–H and O–H groups in total. The van der Waals surface area contributed by atoms with Gasteiger partial charge in [-0.15, -0.1) is 0 Å². The van der Waals surface area contributed by atoms with Gasteiger partial charge >= 0.3 is 0 Å². The second kappa shape index (κ2) is 13.1. The maximum absolute atomic E-state index is 4.09. The summed E-state index contributed by atoms with van der Waals surface area (Å²) < 4.78 is 0. The first-order chi connectivity index (χ1) is 10.4. The molecule has 3 nitrogen and oxygen atoms in total. The number of nitrogens with one attached hydrogen (secondary N) is 1. The maximum atomic E-state index is 4.09. The van der Waals surface area contributed by atoms with E-state index in [0.29, 0.717) is 6.04 Å². The number of nitrogens with zero attached hydrogens (tertiary/aromatic N) is 2. The minimum atomic E-state index is 0.658. The summed E-state index contributed by atoms with van der Waals surface area (Å²) >= 11 is 0. The van der Waals surface area contributed by atoms with Crippen molar-refractivity contribution >= 4 is 6.21 Å². The molecule has 1 unspecified atom stereocenters. The topological polar surface area (TPSA) is 27.6 Å². The van der Waals surface area contributed by atoms with E-state index in [1.54, 1.807) is 0 Å². The van der Waals surface area contributed by atoms with E-state index in [0.717, 1.165) is 6.54 Å². The zero-order valence-corrected chi connectivity index (χ0v) is 14.4. The fraction of sp³-hybridized carbons (Fsp3) is 0.944. The highest BCUT2D eigenvalue weighted by Gasteiger charge is 2.17. The van der Waals surface area contributed by atoms with E-state index in [4.69, 9.17) is 0 Å². The Kier molecular flexibility index (Phi) is 11.5. The lowest BCUT2D eigenvalue weighted by Crippen LogP contribution is -2.39. The summed E-state index contributed by atoms with van der Waals surface area (Å²) in [5.74, 6) is 0. The Bertz CT molecular complexity index is 245. The summed E-state index contributed by atoms with van der Waals surface area (Å²) in [7, 11) is 0. The van der Waals surface area contributed by atoms with Crippen LogP contribution in [-0.2, 0) is 0 Å². The number of hydrazine groups is 1. The summed E-state index contributed by atoms with van der Waals surface area (Å²) in [4.78, 5) is 0. The van der Waals surface area contributed by atoms with Crippen LogP contribution in [0.3, 0.4) is 0 Å². The van der Waals surface area contributed by atoms with E-state index in [2.05, 4.69) is 29.5 Å². The highest BCUT2D eigenvalue weighted by Crippen LogP contribution is 2.15. The lowest BCUT2D eigenvalue weighted by Gasteiger charge is -2.25. The van der Waals surface area contributed by atoms with Gasteiger partial charge in [-0.05, 0) is 12.8 Å². The molecule has 1 heterocycles. The van der Waals surface area contributed by atoms with Crippen molar-refractivity contribution in [1.29, 1.82) is 0 Å². The van der Waals surface area contributed by atoms with Gasteiger partial charge in [-0.25, -0.2) is 5.53 Å². The monoisotopic (exact) mass is 295 g/mol. The third kappa shape index (κ3) is 9.13. The van der Waals surface area contributed by atoms with Gasteiger partial charge in [0.15, 0.2) is 0 Å². The van der Waals surface area contributed by atoms with Crippen molar-refractivity contribution in [2.75, 3.05) is 6.54 Å². The van der Waals surface area contributed by atoms with Crippen LogP contribution in [0, 0.1) is 0 Å². The average Bonchev–Trinajstić information content (AvgIpc) is 3.03. The molecule has 0 aromatic carbocycles. The van der Waals surface area contributed by atoms with Crippen molar-refractivity contribution in [3.63, 3.8) is 0 Å². The largest absolute Gasteiger partial charge is 0.240 e. The van der Waals surface area contributed by atoms with Crippen LogP contribution in [0.15, 0.2) is 5.10 Å². The lowest BCUT2D eigenvalue weighted by molar-refractivity contribution is 0.151. The van der Waals surface area contributed by atoms with E-state index in [9.17, 15) is 0 Å².